The average Bonchev–Trinajstić information content (AvgIpc) is 2.65. The van der Waals surface area contributed by atoms with Crippen molar-refractivity contribution in [3.8, 4) is 6.07 Å². The summed E-state index contributed by atoms with van der Waals surface area (Å²) in [6.45, 7) is 2.25. The predicted octanol–water partition coefficient (Wildman–Crippen LogP) is 5.94. The molecule has 0 N–H and O–H groups in total. The quantitative estimate of drug-likeness (QED) is 0.404. The van der Waals surface area contributed by atoms with E-state index in [0.717, 1.165) is 63.2 Å². The monoisotopic (exact) mass is 345 g/mol. The van der Waals surface area contributed by atoms with Gasteiger partial charge in [0, 0.05) is 6.08 Å². The van der Waals surface area contributed by atoms with Crippen LogP contribution in [0.25, 0.3) is 0 Å². The van der Waals surface area contributed by atoms with E-state index in [9.17, 15) is 4.79 Å². The molecule has 2 fully saturated rings. The molecule has 2 rings (SSSR count). The highest BCUT2D eigenvalue weighted by atomic mass is 16.5. The van der Waals surface area contributed by atoms with Crippen molar-refractivity contribution in [3.63, 3.8) is 0 Å². The van der Waals surface area contributed by atoms with Crippen LogP contribution in [0, 0.1) is 29.1 Å². The lowest BCUT2D eigenvalue weighted by Crippen LogP contribution is -2.30. The molecule has 0 radical (unpaired) electrons. The molecule has 0 unspecified atom stereocenters. The number of esters is 1. The van der Waals surface area contributed by atoms with Crippen LogP contribution in [0.1, 0.15) is 90.4 Å². The first-order chi connectivity index (χ1) is 12.2. The number of hydrogen-bond donors (Lipinski definition) is 0. The highest BCUT2D eigenvalue weighted by Gasteiger charge is 2.30. The zero-order chi connectivity index (χ0) is 17.9. The van der Waals surface area contributed by atoms with Gasteiger partial charge in [-0.3, -0.25) is 4.79 Å². The number of nitrogens with zero attached hydrogens (tertiary/aromatic N) is 1. The van der Waals surface area contributed by atoms with Crippen LogP contribution in [0.4, 0.5) is 0 Å². The second-order valence-electron chi connectivity index (χ2n) is 8.05. The number of hydrogen-bond acceptors (Lipinski definition) is 3. The van der Waals surface area contributed by atoms with Crippen LogP contribution >= 0.6 is 0 Å². The van der Waals surface area contributed by atoms with Crippen molar-refractivity contribution in [1.29, 1.82) is 5.26 Å². The fraction of sp³-hybridized carbons (Fsp3) is 0.818. The summed E-state index contributed by atoms with van der Waals surface area (Å²) < 4.78 is 5.84. The van der Waals surface area contributed by atoms with E-state index in [-0.39, 0.29) is 18.0 Å². The molecule has 0 spiro atoms. The van der Waals surface area contributed by atoms with Gasteiger partial charge in [0.2, 0.25) is 0 Å². The third-order valence-electron chi connectivity index (χ3n) is 6.16. The van der Waals surface area contributed by atoms with Gasteiger partial charge in [-0.05, 0) is 76.0 Å². The summed E-state index contributed by atoms with van der Waals surface area (Å²) in [5.41, 5.74) is 0. The zero-order valence-electron chi connectivity index (χ0n) is 15.9. The molecular formula is C22H35NO2. The molecule has 2 saturated carbocycles. The van der Waals surface area contributed by atoms with Gasteiger partial charge in [-0.25, -0.2) is 0 Å². The lowest BCUT2D eigenvalue weighted by molar-refractivity contribution is -0.157. The molecule has 0 saturated heterocycles. The summed E-state index contributed by atoms with van der Waals surface area (Å²) in [5, 5.41) is 8.50. The number of rotatable bonds is 8. The van der Waals surface area contributed by atoms with Crippen LogP contribution in [0.5, 0.6) is 0 Å². The maximum Gasteiger partial charge on any atom is 0.309 e. The number of ether oxygens (including phenoxy) is 1. The van der Waals surface area contributed by atoms with E-state index in [2.05, 4.69) is 6.92 Å². The molecule has 3 heteroatoms. The highest BCUT2D eigenvalue weighted by molar-refractivity contribution is 5.72. The van der Waals surface area contributed by atoms with Gasteiger partial charge in [0.1, 0.15) is 6.10 Å². The minimum absolute atomic E-state index is 0.0781. The Bertz CT molecular complexity index is 449. The fourth-order valence-electron chi connectivity index (χ4n) is 4.45. The van der Waals surface area contributed by atoms with Crippen LogP contribution in [-0.4, -0.2) is 12.1 Å². The third kappa shape index (κ3) is 7.22. The molecular weight excluding hydrogens is 310 g/mol. The molecule has 0 aromatic rings. The normalized spacial score (nSPS) is 30.1. The Balaban J connectivity index is 1.61. The molecule has 3 nitrogen and oxygen atoms in total. The molecule has 0 amide bonds. The van der Waals surface area contributed by atoms with Gasteiger partial charge in [0.05, 0.1) is 12.0 Å². The minimum atomic E-state index is 0.0781. The SMILES string of the molecule is CCCC[C@H]1CC[C@H](C(=O)OC2CCC(CC/C=C/C#N)CC2)CC1. The molecule has 0 atom stereocenters. The fourth-order valence-corrected chi connectivity index (χ4v) is 4.45. The van der Waals surface area contributed by atoms with Crippen LogP contribution < -0.4 is 0 Å². The topological polar surface area (TPSA) is 50.1 Å². The standard InChI is InChI=1S/C22H35NO2/c1-2-3-7-18-9-13-20(14-10-18)22(24)25-21-15-11-19(12-16-21)8-5-4-6-17-23/h4,6,18-21H,2-3,5,7-16H2,1H3/b6-4+/t18-,19?,20-,21?. The van der Waals surface area contributed by atoms with E-state index in [1.54, 1.807) is 6.08 Å². The second kappa shape index (κ2) is 11.3. The first kappa shape index (κ1) is 20.0. The van der Waals surface area contributed by atoms with Crippen molar-refractivity contribution in [2.75, 3.05) is 0 Å². The number of carbonyl (C=O) groups excluding carboxylic acids is 1. The second-order valence-corrected chi connectivity index (χ2v) is 8.05. The van der Waals surface area contributed by atoms with Gasteiger partial charge in [-0.2, -0.15) is 5.26 Å². The summed E-state index contributed by atoms with van der Waals surface area (Å²) in [4.78, 5) is 12.5. The maximum atomic E-state index is 12.5. The molecule has 140 valence electrons. The zero-order valence-corrected chi connectivity index (χ0v) is 15.9. The van der Waals surface area contributed by atoms with E-state index in [0.29, 0.717) is 0 Å². The molecule has 2 aliphatic carbocycles. The summed E-state index contributed by atoms with van der Waals surface area (Å²) in [6.07, 6.45) is 18.6. The Hall–Kier alpha value is -1.30. The van der Waals surface area contributed by atoms with Crippen LogP contribution in [0.3, 0.4) is 0 Å². The van der Waals surface area contributed by atoms with E-state index in [1.807, 2.05) is 12.1 Å². The summed E-state index contributed by atoms with van der Waals surface area (Å²) >= 11 is 0. The molecule has 0 aromatic heterocycles. The van der Waals surface area contributed by atoms with Gasteiger partial charge >= 0.3 is 5.97 Å². The van der Waals surface area contributed by atoms with E-state index in [1.165, 1.54) is 32.1 Å². The van der Waals surface area contributed by atoms with Gasteiger partial charge in [-0.15, -0.1) is 0 Å². The predicted molar refractivity (Wildman–Crippen MR) is 101 cm³/mol. The van der Waals surface area contributed by atoms with Crippen molar-refractivity contribution in [3.05, 3.63) is 12.2 Å². The number of unbranched alkanes of at least 4 members (excludes halogenated alkanes) is 1. The van der Waals surface area contributed by atoms with Crippen LogP contribution in [0.15, 0.2) is 12.2 Å². The van der Waals surface area contributed by atoms with E-state index in [4.69, 9.17) is 10.00 Å². The lowest BCUT2D eigenvalue weighted by Gasteiger charge is -2.31. The van der Waals surface area contributed by atoms with Crippen LogP contribution in [0.2, 0.25) is 0 Å². The van der Waals surface area contributed by atoms with Crippen molar-refractivity contribution < 1.29 is 9.53 Å². The first-order valence-corrected chi connectivity index (χ1v) is 10.5. The lowest BCUT2D eigenvalue weighted by atomic mass is 9.79. The molecule has 0 heterocycles. The summed E-state index contributed by atoms with van der Waals surface area (Å²) in [7, 11) is 0. The van der Waals surface area contributed by atoms with Crippen molar-refractivity contribution in [2.24, 2.45) is 17.8 Å². The summed E-state index contributed by atoms with van der Waals surface area (Å²) in [6, 6.07) is 2.04. The van der Waals surface area contributed by atoms with Gasteiger partial charge in [0.15, 0.2) is 0 Å². The first-order valence-electron chi connectivity index (χ1n) is 10.5. The third-order valence-corrected chi connectivity index (χ3v) is 6.16. The van der Waals surface area contributed by atoms with Crippen LogP contribution in [-0.2, 0) is 9.53 Å². The van der Waals surface area contributed by atoms with Gasteiger partial charge in [-0.1, -0.05) is 32.3 Å². The largest absolute Gasteiger partial charge is 0.462 e. The van der Waals surface area contributed by atoms with E-state index >= 15 is 0 Å². The van der Waals surface area contributed by atoms with Gasteiger partial charge in [0.25, 0.3) is 0 Å². The van der Waals surface area contributed by atoms with E-state index < -0.39 is 0 Å². The Labute approximate surface area is 153 Å². The summed E-state index contributed by atoms with van der Waals surface area (Å²) in [5.74, 6) is 1.81. The molecule has 25 heavy (non-hydrogen) atoms. The Morgan fingerprint density at radius 2 is 1.68 bits per heavy atom. The van der Waals surface area contributed by atoms with Gasteiger partial charge < -0.3 is 4.74 Å². The molecule has 0 aromatic carbocycles. The number of allylic oxidation sites excluding steroid dienone is 2. The molecule has 2 aliphatic rings. The average molecular weight is 346 g/mol. The van der Waals surface area contributed by atoms with Crippen molar-refractivity contribution >= 4 is 5.97 Å². The molecule has 0 aliphatic heterocycles. The number of carbonyl (C=O) groups is 1. The van der Waals surface area contributed by atoms with Crippen molar-refractivity contribution in [2.45, 2.75) is 96.5 Å². The van der Waals surface area contributed by atoms with Crippen molar-refractivity contribution in [1.82, 2.24) is 0 Å². The number of nitriles is 1. The Morgan fingerprint density at radius 1 is 1.04 bits per heavy atom. The molecule has 0 bridgehead atoms. The highest BCUT2D eigenvalue weighted by Crippen LogP contribution is 2.34. The minimum Gasteiger partial charge on any atom is -0.462 e. The Kier molecular flexibility index (Phi) is 9.08. The maximum absolute atomic E-state index is 12.5. The smallest absolute Gasteiger partial charge is 0.309 e. The Morgan fingerprint density at radius 3 is 2.32 bits per heavy atom.